The Morgan fingerprint density at radius 1 is 1.28 bits per heavy atom. The Morgan fingerprint density at radius 2 is 1.95 bits per heavy atom. The topological polar surface area (TPSA) is 202 Å². The first-order valence-electron chi connectivity index (χ1n) is 13.3. The highest BCUT2D eigenvalue weighted by Crippen LogP contribution is 2.47. The number of aliphatic hydroxyl groups excluding tert-OH is 1. The molecule has 1 aromatic carbocycles. The van der Waals surface area contributed by atoms with Crippen LogP contribution in [0.5, 0.6) is 11.6 Å². The number of ether oxygens (including phenoxy) is 3. The molecule has 3 aromatic rings. The average molecular weight is 734 g/mol. The number of fused-ring (bicyclic) bond motifs is 1. The van der Waals surface area contributed by atoms with Crippen molar-refractivity contribution in [3.8, 4) is 11.6 Å². The Morgan fingerprint density at radius 3 is 2.58 bits per heavy atom. The fourth-order valence-electron chi connectivity index (χ4n) is 4.23. The van der Waals surface area contributed by atoms with Gasteiger partial charge in [-0.2, -0.15) is 15.1 Å². The molecule has 43 heavy (non-hydrogen) atoms. The second-order valence-corrected chi connectivity index (χ2v) is 14.1. The number of carbonyl (C=O) groups excluding carboxylic acids is 1. The smallest absolute Gasteiger partial charge is 0.459 e. The van der Waals surface area contributed by atoms with Gasteiger partial charge in [0, 0.05) is 22.6 Å². The number of aliphatic hydroxyl groups is 2. The number of benzene rings is 1. The molecule has 3 heterocycles. The van der Waals surface area contributed by atoms with Crippen molar-refractivity contribution in [1.82, 2.24) is 24.6 Å². The Bertz CT molecular complexity index is 1500. The van der Waals surface area contributed by atoms with E-state index in [9.17, 15) is 19.6 Å². The zero-order chi connectivity index (χ0) is 31.7. The second-order valence-electron chi connectivity index (χ2n) is 11.4. The lowest BCUT2D eigenvalue weighted by Gasteiger charge is -2.28. The third kappa shape index (κ3) is 7.56. The van der Waals surface area contributed by atoms with Gasteiger partial charge in [-0.05, 0) is 31.4 Å². The van der Waals surface area contributed by atoms with Crippen LogP contribution < -0.4 is 20.1 Å². The van der Waals surface area contributed by atoms with E-state index in [-0.39, 0.29) is 40.8 Å². The lowest BCUT2D eigenvalue weighted by Crippen LogP contribution is -2.45. The Hall–Kier alpha value is -2.60. The summed E-state index contributed by atoms with van der Waals surface area (Å²) in [4.78, 5) is 25.3. The van der Waals surface area contributed by atoms with Crippen LogP contribution in [-0.2, 0) is 23.4 Å². The number of nitrogens with one attached hydrogen (secondary N) is 1. The van der Waals surface area contributed by atoms with Gasteiger partial charge < -0.3 is 34.7 Å². The van der Waals surface area contributed by atoms with E-state index in [1.165, 1.54) is 25.5 Å². The maximum atomic E-state index is 13.9. The maximum Gasteiger partial charge on any atom is 0.459 e. The number of esters is 1. The van der Waals surface area contributed by atoms with Crippen LogP contribution in [-0.4, -0.2) is 79.9 Å². The number of nitrogens with zero attached hydrogens (tertiary/aromatic N) is 4. The summed E-state index contributed by atoms with van der Waals surface area (Å²) in [5, 5.41) is 25.1. The highest BCUT2D eigenvalue weighted by atomic mass is 127. The van der Waals surface area contributed by atoms with Crippen LogP contribution in [0.25, 0.3) is 11.2 Å². The summed E-state index contributed by atoms with van der Waals surface area (Å²) in [5.74, 6) is -0.427. The number of nitrogen functional groups attached to an aromatic ring is 1. The SMILES string of the molecule is COc1nc(N)nc2c1nc(I)n2[C@@H]1O[C@H](COP(=O)(N[C@@H](C)C(=O)OCC(C)(C)C)Oc2ccccc2)[C@@H](O)[C@@]1(C)O. The highest BCUT2D eigenvalue weighted by molar-refractivity contribution is 14.1. The number of halogens is 1. The standard InChI is InChI=1S/C26H36IN6O9P/c1-14(21(35)39-13-25(2,3)4)32-43(37,42-15-10-8-7-9-11-15)40-12-16-18(34)26(5,36)22(41-16)33-19-17(29-23(33)27)20(38-6)31-24(28)30-19/h7-11,14,16,18,22,34,36H,12-13H2,1-6H3,(H,32,37)(H2,28,30,31)/t14-,16+,18+,22+,26+,43?/m0/s1. The molecule has 1 unspecified atom stereocenters. The largest absolute Gasteiger partial charge is 0.479 e. The molecular weight excluding hydrogens is 698 g/mol. The Balaban J connectivity index is 1.57. The molecule has 6 atom stereocenters. The maximum absolute atomic E-state index is 13.9. The number of methoxy groups -OCH3 is 1. The van der Waals surface area contributed by atoms with E-state index >= 15 is 0 Å². The normalized spacial score (nSPS) is 24.4. The summed E-state index contributed by atoms with van der Waals surface area (Å²) in [5.41, 5.74) is 4.16. The van der Waals surface area contributed by atoms with E-state index in [4.69, 9.17) is 29.0 Å². The van der Waals surface area contributed by atoms with Crippen LogP contribution in [0.15, 0.2) is 30.3 Å². The minimum Gasteiger partial charge on any atom is -0.479 e. The number of imidazole rings is 1. The first-order chi connectivity index (χ1) is 20.0. The van der Waals surface area contributed by atoms with Gasteiger partial charge in [0.2, 0.25) is 11.8 Å². The molecule has 4 rings (SSSR count). The molecule has 0 saturated carbocycles. The molecule has 2 aromatic heterocycles. The molecular formula is C26H36IN6O9P. The quantitative estimate of drug-likeness (QED) is 0.0970. The van der Waals surface area contributed by atoms with Crippen LogP contribution >= 0.6 is 30.3 Å². The zero-order valence-electron chi connectivity index (χ0n) is 24.6. The number of para-hydroxylation sites is 1. The first kappa shape index (κ1) is 33.3. The number of hydrogen-bond acceptors (Lipinski definition) is 13. The fourth-order valence-corrected chi connectivity index (χ4v) is 6.45. The number of rotatable bonds is 11. The molecule has 1 fully saturated rings. The predicted molar refractivity (Wildman–Crippen MR) is 163 cm³/mol. The number of aromatic nitrogens is 4. The molecule has 1 aliphatic heterocycles. The molecule has 0 amide bonds. The van der Waals surface area contributed by atoms with Gasteiger partial charge in [-0.3, -0.25) is 13.9 Å². The van der Waals surface area contributed by atoms with Crippen molar-refractivity contribution < 1.29 is 42.8 Å². The zero-order valence-corrected chi connectivity index (χ0v) is 27.6. The fraction of sp³-hybridized carbons (Fsp3) is 0.538. The van der Waals surface area contributed by atoms with Gasteiger partial charge in [0.1, 0.15) is 29.6 Å². The van der Waals surface area contributed by atoms with Crippen LogP contribution in [0, 0.1) is 9.25 Å². The third-order valence-corrected chi connectivity index (χ3v) is 8.80. The Labute approximate surface area is 262 Å². The van der Waals surface area contributed by atoms with Gasteiger partial charge in [0.15, 0.2) is 21.2 Å². The van der Waals surface area contributed by atoms with Crippen molar-refractivity contribution in [2.45, 2.75) is 64.7 Å². The van der Waals surface area contributed by atoms with E-state index in [2.05, 4.69) is 20.0 Å². The van der Waals surface area contributed by atoms with Gasteiger partial charge in [-0.1, -0.05) is 39.0 Å². The van der Waals surface area contributed by atoms with E-state index < -0.39 is 50.4 Å². The molecule has 17 heteroatoms. The van der Waals surface area contributed by atoms with Gasteiger partial charge in [0.05, 0.1) is 20.3 Å². The lowest BCUT2D eigenvalue weighted by atomic mass is 9.96. The van der Waals surface area contributed by atoms with Crippen molar-refractivity contribution in [3.05, 3.63) is 34.2 Å². The van der Waals surface area contributed by atoms with Crippen LogP contribution in [0.4, 0.5) is 5.95 Å². The molecule has 0 aliphatic carbocycles. The molecule has 236 valence electrons. The van der Waals surface area contributed by atoms with E-state index in [0.29, 0.717) is 3.83 Å². The minimum atomic E-state index is -4.28. The number of hydrogen-bond donors (Lipinski definition) is 4. The molecule has 1 saturated heterocycles. The molecule has 1 aliphatic rings. The van der Waals surface area contributed by atoms with Crippen molar-refractivity contribution in [1.29, 1.82) is 0 Å². The second kappa shape index (κ2) is 12.8. The van der Waals surface area contributed by atoms with Crippen LogP contribution in [0.2, 0.25) is 0 Å². The van der Waals surface area contributed by atoms with Gasteiger partial charge >= 0.3 is 13.7 Å². The van der Waals surface area contributed by atoms with Crippen LogP contribution in [0.3, 0.4) is 0 Å². The minimum absolute atomic E-state index is 0.0970. The predicted octanol–water partition coefficient (Wildman–Crippen LogP) is 2.80. The molecule has 0 radical (unpaired) electrons. The van der Waals surface area contributed by atoms with Gasteiger partial charge in [-0.25, -0.2) is 9.55 Å². The summed E-state index contributed by atoms with van der Waals surface area (Å²) in [6.45, 7) is 8.20. The van der Waals surface area contributed by atoms with Crippen molar-refractivity contribution in [3.63, 3.8) is 0 Å². The molecule has 15 nitrogen and oxygen atoms in total. The van der Waals surface area contributed by atoms with Gasteiger partial charge in [0.25, 0.3) is 0 Å². The number of anilines is 1. The van der Waals surface area contributed by atoms with Crippen molar-refractivity contribution in [2.24, 2.45) is 5.41 Å². The monoisotopic (exact) mass is 734 g/mol. The number of nitrogens with two attached hydrogens (primary N) is 1. The van der Waals surface area contributed by atoms with Crippen molar-refractivity contribution >= 4 is 53.4 Å². The third-order valence-electron chi connectivity index (χ3n) is 6.39. The van der Waals surface area contributed by atoms with Crippen molar-refractivity contribution in [2.75, 3.05) is 26.1 Å². The molecule has 5 N–H and O–H groups in total. The first-order valence-corrected chi connectivity index (χ1v) is 15.9. The summed E-state index contributed by atoms with van der Waals surface area (Å²) in [6.07, 6.45) is -3.95. The Kier molecular flexibility index (Phi) is 9.90. The van der Waals surface area contributed by atoms with Gasteiger partial charge in [-0.15, -0.1) is 0 Å². The highest BCUT2D eigenvalue weighted by Gasteiger charge is 2.55. The molecule has 0 bridgehead atoms. The van der Waals surface area contributed by atoms with E-state index in [1.54, 1.807) is 30.3 Å². The summed E-state index contributed by atoms with van der Waals surface area (Å²) >= 11 is 1.92. The summed E-state index contributed by atoms with van der Waals surface area (Å²) in [7, 11) is -2.88. The average Bonchev–Trinajstić information content (AvgIpc) is 3.36. The van der Waals surface area contributed by atoms with E-state index in [0.717, 1.165) is 0 Å². The van der Waals surface area contributed by atoms with E-state index in [1.807, 2.05) is 43.4 Å². The molecule has 0 spiro atoms. The summed E-state index contributed by atoms with van der Waals surface area (Å²) in [6, 6.07) is 7.15. The van der Waals surface area contributed by atoms with Crippen LogP contribution in [0.1, 0.15) is 40.8 Å². The summed E-state index contributed by atoms with van der Waals surface area (Å²) < 4.78 is 43.8. The number of carbonyl (C=O) groups is 1. The lowest BCUT2D eigenvalue weighted by molar-refractivity contribution is -0.148.